The average Bonchev–Trinajstić information content (AvgIpc) is 2.30. The Morgan fingerprint density at radius 3 is 2.44 bits per heavy atom. The summed E-state index contributed by atoms with van der Waals surface area (Å²) >= 11 is 5.94. The first-order valence-electron chi connectivity index (χ1n) is 5.62. The molecule has 0 spiro atoms. The van der Waals surface area contributed by atoms with Crippen molar-refractivity contribution < 1.29 is 14.7 Å². The van der Waals surface area contributed by atoms with Crippen molar-refractivity contribution in [2.45, 2.75) is 26.1 Å². The highest BCUT2D eigenvalue weighted by Crippen LogP contribution is 2.22. The van der Waals surface area contributed by atoms with Crippen LogP contribution in [0.15, 0.2) is 18.2 Å². The summed E-state index contributed by atoms with van der Waals surface area (Å²) in [6, 6.07) is 4.82. The highest BCUT2D eigenvalue weighted by Gasteiger charge is 2.22. The molecule has 0 bridgehead atoms. The minimum absolute atomic E-state index is 0.0241. The Labute approximate surface area is 111 Å². The van der Waals surface area contributed by atoms with Crippen molar-refractivity contribution in [1.82, 2.24) is 0 Å². The third-order valence-corrected chi connectivity index (χ3v) is 3.29. The van der Waals surface area contributed by atoms with Crippen LogP contribution in [0.4, 0.5) is 5.69 Å². The van der Waals surface area contributed by atoms with Crippen LogP contribution in [0.2, 0.25) is 0 Å². The standard InChI is InChI=1S/C13H16ClNO3/c1-7(2)10(14)12(16)15-11-8(3)5-4-6-9(11)13(17)18/h4-7,10H,1-3H3,(H,15,16)(H,17,18)/t10-/m0/s1. The number of hydrogen-bond donors (Lipinski definition) is 2. The Balaban J connectivity index is 3.04. The van der Waals surface area contributed by atoms with E-state index in [9.17, 15) is 9.59 Å². The number of hydrogen-bond acceptors (Lipinski definition) is 2. The first-order chi connectivity index (χ1) is 8.34. The van der Waals surface area contributed by atoms with E-state index < -0.39 is 11.3 Å². The van der Waals surface area contributed by atoms with Crippen LogP contribution in [0.25, 0.3) is 0 Å². The number of rotatable bonds is 4. The highest BCUT2D eigenvalue weighted by molar-refractivity contribution is 6.32. The molecular weight excluding hydrogens is 254 g/mol. The zero-order chi connectivity index (χ0) is 13.9. The lowest BCUT2D eigenvalue weighted by atomic mass is 10.1. The van der Waals surface area contributed by atoms with Crippen LogP contribution in [-0.2, 0) is 4.79 Å². The number of aryl methyl sites for hydroxylation is 1. The van der Waals surface area contributed by atoms with E-state index in [2.05, 4.69) is 5.32 Å². The molecule has 1 aromatic rings. The number of amides is 1. The van der Waals surface area contributed by atoms with Crippen LogP contribution in [-0.4, -0.2) is 22.4 Å². The number of anilines is 1. The monoisotopic (exact) mass is 269 g/mol. The molecule has 0 aliphatic heterocycles. The number of para-hydroxylation sites is 1. The Hall–Kier alpha value is -1.55. The van der Waals surface area contributed by atoms with Gasteiger partial charge in [0.2, 0.25) is 5.91 Å². The molecule has 0 aliphatic rings. The molecule has 1 amide bonds. The number of carboxylic acids is 1. The number of carboxylic acid groups (broad SMARTS) is 1. The maximum absolute atomic E-state index is 11.8. The fraction of sp³-hybridized carbons (Fsp3) is 0.385. The summed E-state index contributed by atoms with van der Waals surface area (Å²) in [4.78, 5) is 22.9. The minimum atomic E-state index is -1.08. The summed E-state index contributed by atoms with van der Waals surface area (Å²) in [6.07, 6.45) is 0. The van der Waals surface area contributed by atoms with Gasteiger partial charge in [0.25, 0.3) is 0 Å². The smallest absolute Gasteiger partial charge is 0.337 e. The van der Waals surface area contributed by atoms with Crippen molar-refractivity contribution in [3.8, 4) is 0 Å². The van der Waals surface area contributed by atoms with Crippen LogP contribution in [0.1, 0.15) is 29.8 Å². The lowest BCUT2D eigenvalue weighted by Crippen LogP contribution is -2.28. The zero-order valence-corrected chi connectivity index (χ0v) is 11.3. The molecule has 0 saturated carbocycles. The topological polar surface area (TPSA) is 66.4 Å². The maximum Gasteiger partial charge on any atom is 0.337 e. The molecule has 0 aromatic heterocycles. The van der Waals surface area contributed by atoms with E-state index in [-0.39, 0.29) is 17.4 Å². The molecule has 0 heterocycles. The fourth-order valence-electron chi connectivity index (χ4n) is 1.51. The molecule has 0 saturated heterocycles. The molecule has 98 valence electrons. The van der Waals surface area contributed by atoms with Crippen molar-refractivity contribution in [2.24, 2.45) is 5.92 Å². The first-order valence-corrected chi connectivity index (χ1v) is 6.06. The Morgan fingerprint density at radius 1 is 1.33 bits per heavy atom. The second-order valence-corrected chi connectivity index (χ2v) is 4.91. The summed E-state index contributed by atoms with van der Waals surface area (Å²) in [5, 5.41) is 11.0. The number of alkyl halides is 1. The van der Waals surface area contributed by atoms with Gasteiger partial charge in [0, 0.05) is 0 Å². The molecule has 1 aromatic carbocycles. The quantitative estimate of drug-likeness (QED) is 0.826. The molecule has 1 atom stereocenters. The molecule has 1 rings (SSSR count). The van der Waals surface area contributed by atoms with Crippen LogP contribution in [0, 0.1) is 12.8 Å². The number of halogens is 1. The third kappa shape index (κ3) is 3.23. The number of carbonyl (C=O) groups excluding carboxylic acids is 1. The van der Waals surface area contributed by atoms with Crippen LogP contribution in [0.3, 0.4) is 0 Å². The number of nitrogens with one attached hydrogen (secondary N) is 1. The maximum atomic E-state index is 11.8. The molecule has 0 fully saturated rings. The number of aromatic carboxylic acids is 1. The van der Waals surface area contributed by atoms with Crippen molar-refractivity contribution >= 4 is 29.2 Å². The molecule has 4 nitrogen and oxygen atoms in total. The van der Waals surface area contributed by atoms with Gasteiger partial charge in [-0.05, 0) is 24.5 Å². The van der Waals surface area contributed by atoms with Crippen molar-refractivity contribution in [1.29, 1.82) is 0 Å². The van der Waals surface area contributed by atoms with Crippen LogP contribution in [0.5, 0.6) is 0 Å². The van der Waals surface area contributed by atoms with Gasteiger partial charge in [-0.3, -0.25) is 4.79 Å². The van der Waals surface area contributed by atoms with Crippen molar-refractivity contribution in [2.75, 3.05) is 5.32 Å². The molecule has 0 unspecified atom stereocenters. The van der Waals surface area contributed by atoms with Crippen molar-refractivity contribution in [3.63, 3.8) is 0 Å². The van der Waals surface area contributed by atoms with Crippen LogP contribution >= 0.6 is 11.6 Å². The van der Waals surface area contributed by atoms with Gasteiger partial charge >= 0.3 is 5.97 Å². The summed E-state index contributed by atoms with van der Waals surface area (Å²) in [7, 11) is 0. The summed E-state index contributed by atoms with van der Waals surface area (Å²) in [6.45, 7) is 5.39. The first kappa shape index (κ1) is 14.5. The van der Waals surface area contributed by atoms with Gasteiger partial charge < -0.3 is 10.4 Å². The highest BCUT2D eigenvalue weighted by atomic mass is 35.5. The zero-order valence-electron chi connectivity index (χ0n) is 10.5. The van der Waals surface area contributed by atoms with E-state index in [4.69, 9.17) is 16.7 Å². The summed E-state index contributed by atoms with van der Waals surface area (Å²) < 4.78 is 0. The van der Waals surface area contributed by atoms with Gasteiger partial charge in [0.15, 0.2) is 0 Å². The molecule has 5 heteroatoms. The summed E-state index contributed by atoms with van der Waals surface area (Å²) in [5.41, 5.74) is 1.06. The Morgan fingerprint density at radius 2 is 1.94 bits per heavy atom. The second-order valence-electron chi connectivity index (χ2n) is 4.44. The Kier molecular flexibility index (Phi) is 4.73. The predicted octanol–water partition coefficient (Wildman–Crippen LogP) is 2.90. The van der Waals surface area contributed by atoms with E-state index >= 15 is 0 Å². The number of carbonyl (C=O) groups is 2. The van der Waals surface area contributed by atoms with Gasteiger partial charge in [-0.1, -0.05) is 26.0 Å². The van der Waals surface area contributed by atoms with Gasteiger partial charge in [0.1, 0.15) is 5.38 Å². The Bertz CT molecular complexity index is 471. The second kappa shape index (κ2) is 5.87. The van der Waals surface area contributed by atoms with Crippen molar-refractivity contribution in [3.05, 3.63) is 29.3 Å². The average molecular weight is 270 g/mol. The molecular formula is C13H16ClNO3. The molecule has 18 heavy (non-hydrogen) atoms. The molecule has 0 radical (unpaired) electrons. The minimum Gasteiger partial charge on any atom is -0.478 e. The van der Waals surface area contributed by atoms with E-state index in [1.54, 1.807) is 19.1 Å². The van der Waals surface area contributed by atoms with E-state index in [0.29, 0.717) is 11.3 Å². The predicted molar refractivity (Wildman–Crippen MR) is 71.2 cm³/mol. The van der Waals surface area contributed by atoms with E-state index in [0.717, 1.165) is 0 Å². The van der Waals surface area contributed by atoms with Gasteiger partial charge in [-0.25, -0.2) is 4.79 Å². The largest absolute Gasteiger partial charge is 0.478 e. The van der Waals surface area contributed by atoms with Crippen LogP contribution < -0.4 is 5.32 Å². The normalized spacial score (nSPS) is 12.3. The van der Waals surface area contributed by atoms with Gasteiger partial charge in [-0.15, -0.1) is 11.6 Å². The SMILES string of the molecule is Cc1cccc(C(=O)O)c1NC(=O)[C@@H](Cl)C(C)C. The number of benzene rings is 1. The van der Waals surface area contributed by atoms with Gasteiger partial charge in [0.05, 0.1) is 11.3 Å². The summed E-state index contributed by atoms with van der Waals surface area (Å²) in [5.74, 6) is -1.49. The van der Waals surface area contributed by atoms with Gasteiger partial charge in [-0.2, -0.15) is 0 Å². The van der Waals surface area contributed by atoms with E-state index in [1.807, 2.05) is 13.8 Å². The third-order valence-electron chi connectivity index (χ3n) is 2.59. The lowest BCUT2D eigenvalue weighted by Gasteiger charge is -2.16. The van der Waals surface area contributed by atoms with E-state index in [1.165, 1.54) is 6.07 Å². The fourth-order valence-corrected chi connectivity index (χ4v) is 1.56. The molecule has 2 N–H and O–H groups in total. The molecule has 0 aliphatic carbocycles. The lowest BCUT2D eigenvalue weighted by molar-refractivity contribution is -0.116.